The molecule has 3 aromatic rings. The van der Waals surface area contributed by atoms with E-state index in [9.17, 15) is 9.59 Å². The molecular formula is C21H21NO4. The first kappa shape index (κ1) is 16.6. The van der Waals surface area contributed by atoms with Gasteiger partial charge in [0.25, 0.3) is 5.91 Å². The molecule has 1 fully saturated rings. The average molecular weight is 351 g/mol. The van der Waals surface area contributed by atoms with E-state index in [1.807, 2.05) is 43.3 Å². The Balaban J connectivity index is 1.80. The largest absolute Gasteiger partial charge is 0.467 e. The summed E-state index contributed by atoms with van der Waals surface area (Å²) < 4.78 is 10.9. The van der Waals surface area contributed by atoms with Crippen molar-refractivity contribution in [3.8, 4) is 0 Å². The quantitative estimate of drug-likeness (QED) is 0.653. The second kappa shape index (κ2) is 6.48. The first-order chi connectivity index (χ1) is 12.6. The number of benzene rings is 2. The summed E-state index contributed by atoms with van der Waals surface area (Å²) in [6.45, 7) is 2.43. The van der Waals surface area contributed by atoms with Gasteiger partial charge in [-0.25, -0.2) is 4.79 Å². The van der Waals surface area contributed by atoms with Crippen molar-refractivity contribution in [1.82, 2.24) is 4.90 Å². The third kappa shape index (κ3) is 2.55. The predicted molar refractivity (Wildman–Crippen MR) is 99.1 cm³/mol. The van der Waals surface area contributed by atoms with Gasteiger partial charge < -0.3 is 14.1 Å². The van der Waals surface area contributed by atoms with Crippen molar-refractivity contribution in [2.24, 2.45) is 0 Å². The van der Waals surface area contributed by atoms with Crippen molar-refractivity contribution in [1.29, 1.82) is 0 Å². The van der Waals surface area contributed by atoms with Gasteiger partial charge in [-0.15, -0.1) is 0 Å². The van der Waals surface area contributed by atoms with E-state index >= 15 is 0 Å². The fourth-order valence-electron chi connectivity index (χ4n) is 3.84. The number of piperidine rings is 1. The Bertz CT molecular complexity index is 1000. The van der Waals surface area contributed by atoms with Gasteiger partial charge in [0.1, 0.15) is 11.6 Å². The number of ether oxygens (including phenoxy) is 1. The van der Waals surface area contributed by atoms with Gasteiger partial charge in [-0.05, 0) is 31.6 Å². The number of carbonyl (C=O) groups is 2. The van der Waals surface area contributed by atoms with Crippen LogP contribution in [0.2, 0.25) is 0 Å². The van der Waals surface area contributed by atoms with Gasteiger partial charge in [0, 0.05) is 22.9 Å². The number of likely N-dealkylation sites (tertiary alicyclic amines) is 1. The topological polar surface area (TPSA) is 59.8 Å². The van der Waals surface area contributed by atoms with Crippen LogP contribution in [0.15, 0.2) is 40.8 Å². The molecule has 26 heavy (non-hydrogen) atoms. The Labute approximate surface area is 151 Å². The fourth-order valence-corrected chi connectivity index (χ4v) is 3.84. The second-order valence-electron chi connectivity index (χ2n) is 6.75. The highest BCUT2D eigenvalue weighted by molar-refractivity contribution is 6.09. The third-order valence-electron chi connectivity index (χ3n) is 5.26. The molecule has 2 heterocycles. The summed E-state index contributed by atoms with van der Waals surface area (Å²) in [7, 11) is 1.36. The van der Waals surface area contributed by atoms with Gasteiger partial charge in [0.05, 0.1) is 7.11 Å². The zero-order valence-electron chi connectivity index (χ0n) is 15.0. The average Bonchev–Trinajstić information content (AvgIpc) is 3.04. The molecule has 4 rings (SSSR count). The van der Waals surface area contributed by atoms with Crippen LogP contribution < -0.4 is 0 Å². The highest BCUT2D eigenvalue weighted by Gasteiger charge is 2.35. The molecule has 134 valence electrons. The fraction of sp³-hybridized carbons (Fsp3) is 0.333. The maximum Gasteiger partial charge on any atom is 0.328 e. The summed E-state index contributed by atoms with van der Waals surface area (Å²) in [5, 5.41) is 2.98. The standard InChI is InChI=1S/C21H21NO4/c1-13-15-11-10-14-7-3-4-8-16(14)19(15)26-18(13)20(23)22-12-6-5-9-17(22)21(24)25-2/h3-4,7-8,10-11,17H,5-6,9,12H2,1-2H3. The summed E-state index contributed by atoms with van der Waals surface area (Å²) in [6.07, 6.45) is 2.41. The molecule has 2 aromatic carbocycles. The molecule has 1 unspecified atom stereocenters. The van der Waals surface area contributed by atoms with Crippen molar-refractivity contribution in [2.75, 3.05) is 13.7 Å². The van der Waals surface area contributed by atoms with Crippen LogP contribution in [0.5, 0.6) is 0 Å². The minimum absolute atomic E-state index is 0.238. The van der Waals surface area contributed by atoms with Crippen molar-refractivity contribution >= 4 is 33.6 Å². The van der Waals surface area contributed by atoms with Gasteiger partial charge in [-0.1, -0.05) is 36.4 Å². The van der Waals surface area contributed by atoms with Crippen LogP contribution >= 0.6 is 0 Å². The first-order valence-corrected chi connectivity index (χ1v) is 8.91. The molecule has 0 aliphatic carbocycles. The molecule has 0 radical (unpaired) electrons. The number of hydrogen-bond acceptors (Lipinski definition) is 4. The van der Waals surface area contributed by atoms with Crippen molar-refractivity contribution < 1.29 is 18.7 Å². The van der Waals surface area contributed by atoms with Crippen LogP contribution in [0.1, 0.15) is 35.4 Å². The highest BCUT2D eigenvalue weighted by Crippen LogP contribution is 2.33. The number of furan rings is 1. The number of methoxy groups -OCH3 is 1. The lowest BCUT2D eigenvalue weighted by molar-refractivity contribution is -0.147. The van der Waals surface area contributed by atoms with Crippen molar-refractivity contribution in [3.05, 3.63) is 47.7 Å². The van der Waals surface area contributed by atoms with Gasteiger partial charge in [-0.2, -0.15) is 0 Å². The molecule has 0 N–H and O–H groups in total. The van der Waals surface area contributed by atoms with E-state index in [-0.39, 0.29) is 11.9 Å². The lowest BCUT2D eigenvalue weighted by Gasteiger charge is -2.33. The van der Waals surface area contributed by atoms with Crippen molar-refractivity contribution in [3.63, 3.8) is 0 Å². The van der Waals surface area contributed by atoms with E-state index in [4.69, 9.17) is 9.15 Å². The monoisotopic (exact) mass is 351 g/mol. The number of rotatable bonds is 2. The lowest BCUT2D eigenvalue weighted by atomic mass is 10.0. The summed E-state index contributed by atoms with van der Waals surface area (Å²) in [6, 6.07) is 11.4. The van der Waals surface area contributed by atoms with Crippen LogP contribution in [0, 0.1) is 6.92 Å². The Morgan fingerprint density at radius 1 is 1.12 bits per heavy atom. The smallest absolute Gasteiger partial charge is 0.328 e. The molecular weight excluding hydrogens is 330 g/mol. The number of amides is 1. The third-order valence-corrected chi connectivity index (χ3v) is 5.26. The molecule has 1 aliphatic rings. The molecule has 5 nitrogen and oxygen atoms in total. The number of fused-ring (bicyclic) bond motifs is 3. The summed E-state index contributed by atoms with van der Waals surface area (Å²) in [5.74, 6) is -0.290. The first-order valence-electron chi connectivity index (χ1n) is 8.91. The number of carbonyl (C=O) groups excluding carboxylic acids is 2. The second-order valence-corrected chi connectivity index (χ2v) is 6.75. The van der Waals surface area contributed by atoms with E-state index in [0.29, 0.717) is 18.7 Å². The Morgan fingerprint density at radius 2 is 1.92 bits per heavy atom. The number of aryl methyl sites for hydroxylation is 1. The minimum Gasteiger partial charge on any atom is -0.467 e. The van der Waals surface area contributed by atoms with E-state index < -0.39 is 6.04 Å². The zero-order chi connectivity index (χ0) is 18.3. The normalized spacial score (nSPS) is 17.6. The molecule has 1 amide bonds. The number of hydrogen-bond donors (Lipinski definition) is 0. The maximum absolute atomic E-state index is 13.2. The van der Waals surface area contributed by atoms with Gasteiger partial charge in [0.15, 0.2) is 5.76 Å². The van der Waals surface area contributed by atoms with Crippen LogP contribution in [-0.2, 0) is 9.53 Å². The van der Waals surface area contributed by atoms with Gasteiger partial charge >= 0.3 is 5.97 Å². The number of nitrogens with zero attached hydrogens (tertiary/aromatic N) is 1. The molecule has 5 heteroatoms. The predicted octanol–water partition coefficient (Wildman–Crippen LogP) is 4.06. The van der Waals surface area contributed by atoms with Crippen LogP contribution in [-0.4, -0.2) is 36.5 Å². The molecule has 0 saturated carbocycles. The molecule has 1 aromatic heterocycles. The molecule has 1 aliphatic heterocycles. The van der Waals surface area contributed by atoms with E-state index in [1.165, 1.54) is 7.11 Å². The van der Waals surface area contributed by atoms with Gasteiger partial charge in [0.2, 0.25) is 0 Å². The summed E-state index contributed by atoms with van der Waals surface area (Å²) >= 11 is 0. The molecule has 1 saturated heterocycles. The van der Waals surface area contributed by atoms with E-state index in [0.717, 1.165) is 40.1 Å². The van der Waals surface area contributed by atoms with Crippen LogP contribution in [0.3, 0.4) is 0 Å². The van der Waals surface area contributed by atoms with Crippen LogP contribution in [0.25, 0.3) is 21.7 Å². The number of esters is 1. The zero-order valence-corrected chi connectivity index (χ0v) is 15.0. The Kier molecular flexibility index (Phi) is 4.15. The minimum atomic E-state index is -0.536. The molecule has 1 atom stereocenters. The SMILES string of the molecule is COC(=O)C1CCCCN1C(=O)c1oc2c(ccc3ccccc32)c1C. The Hall–Kier alpha value is -2.82. The Morgan fingerprint density at radius 3 is 2.73 bits per heavy atom. The maximum atomic E-state index is 13.2. The van der Waals surface area contributed by atoms with Crippen molar-refractivity contribution in [2.45, 2.75) is 32.2 Å². The van der Waals surface area contributed by atoms with Crippen LogP contribution in [0.4, 0.5) is 0 Å². The lowest BCUT2D eigenvalue weighted by Crippen LogP contribution is -2.48. The molecule has 0 spiro atoms. The summed E-state index contributed by atoms with van der Waals surface area (Å²) in [4.78, 5) is 26.9. The summed E-state index contributed by atoms with van der Waals surface area (Å²) in [5.41, 5.74) is 1.53. The molecule has 0 bridgehead atoms. The van der Waals surface area contributed by atoms with E-state index in [2.05, 4.69) is 0 Å². The highest BCUT2D eigenvalue weighted by atomic mass is 16.5. The van der Waals surface area contributed by atoms with E-state index in [1.54, 1.807) is 4.90 Å². The van der Waals surface area contributed by atoms with Gasteiger partial charge in [-0.3, -0.25) is 4.79 Å².